The Bertz CT molecular complexity index is 1230. The Labute approximate surface area is 187 Å². The smallest absolute Gasteiger partial charge is 0.263 e. The second kappa shape index (κ2) is 7.34. The first-order valence-corrected chi connectivity index (χ1v) is 10.9. The van der Waals surface area contributed by atoms with Crippen LogP contribution in [0.5, 0.6) is 5.75 Å². The quantitative estimate of drug-likeness (QED) is 0.557. The number of nitrogens with one attached hydrogen (secondary N) is 2. The van der Waals surface area contributed by atoms with Crippen LogP contribution in [0.4, 0.5) is 24.7 Å². The van der Waals surface area contributed by atoms with Gasteiger partial charge in [0.05, 0.1) is 23.6 Å². The zero-order chi connectivity index (χ0) is 22.7. The van der Waals surface area contributed by atoms with Gasteiger partial charge in [-0.15, -0.1) is 10.2 Å². The molecule has 0 unspecified atom stereocenters. The summed E-state index contributed by atoms with van der Waals surface area (Å²) in [5, 5.41) is 29.3. The normalized spacial score (nSPS) is 23.8. The highest BCUT2D eigenvalue weighted by Crippen LogP contribution is 2.48. The lowest BCUT2D eigenvalue weighted by molar-refractivity contribution is 0.0585. The summed E-state index contributed by atoms with van der Waals surface area (Å²) in [7, 11) is 0. The van der Waals surface area contributed by atoms with Crippen molar-refractivity contribution in [2.75, 3.05) is 29.9 Å². The van der Waals surface area contributed by atoms with Crippen molar-refractivity contribution in [2.45, 2.75) is 37.4 Å². The molecule has 11 heteroatoms. The summed E-state index contributed by atoms with van der Waals surface area (Å²) >= 11 is 0. The van der Waals surface area contributed by atoms with Gasteiger partial charge in [0.25, 0.3) is 6.43 Å². The molecule has 0 bridgehead atoms. The topological polar surface area (TPSA) is 91.1 Å². The predicted octanol–water partition coefficient (Wildman–Crippen LogP) is 2.71. The van der Waals surface area contributed by atoms with E-state index in [1.54, 1.807) is 11.0 Å². The molecule has 0 saturated carbocycles. The highest BCUT2D eigenvalue weighted by atomic mass is 19.3. The Morgan fingerprint density at radius 2 is 2.12 bits per heavy atom. The van der Waals surface area contributed by atoms with Gasteiger partial charge in [0.2, 0.25) is 0 Å². The number of rotatable bonds is 3. The van der Waals surface area contributed by atoms with Crippen molar-refractivity contribution in [3.8, 4) is 17.0 Å². The molecule has 33 heavy (non-hydrogen) atoms. The Morgan fingerprint density at radius 1 is 1.24 bits per heavy atom. The van der Waals surface area contributed by atoms with Crippen molar-refractivity contribution in [1.82, 2.24) is 25.3 Å². The van der Waals surface area contributed by atoms with Crippen molar-refractivity contribution >= 4 is 11.5 Å². The molecule has 2 aromatic heterocycles. The second-order valence-corrected chi connectivity index (χ2v) is 8.81. The van der Waals surface area contributed by atoms with Crippen molar-refractivity contribution < 1.29 is 18.3 Å². The van der Waals surface area contributed by atoms with Crippen LogP contribution in [0.25, 0.3) is 11.3 Å². The van der Waals surface area contributed by atoms with E-state index in [9.17, 15) is 18.3 Å². The third-order valence-electron chi connectivity index (χ3n) is 7.00. The maximum Gasteiger partial charge on any atom is 0.263 e. The molecule has 5 heterocycles. The minimum atomic E-state index is -2.62. The van der Waals surface area contributed by atoms with Crippen LogP contribution in [0.15, 0.2) is 30.5 Å². The van der Waals surface area contributed by atoms with Gasteiger partial charge in [-0.05, 0) is 18.2 Å². The fraction of sp³-hybridized carbons (Fsp3) is 0.409. The van der Waals surface area contributed by atoms with Gasteiger partial charge in [-0.1, -0.05) is 6.07 Å². The molecular formula is C22H22F3N7O. The maximum absolute atomic E-state index is 14.6. The van der Waals surface area contributed by atoms with E-state index in [1.807, 2.05) is 10.9 Å². The van der Waals surface area contributed by atoms with Crippen LogP contribution in [0.2, 0.25) is 0 Å². The largest absolute Gasteiger partial charge is 0.504 e. The summed E-state index contributed by atoms with van der Waals surface area (Å²) in [6.07, 6.45) is 0.227. The van der Waals surface area contributed by atoms with Crippen LogP contribution in [-0.4, -0.2) is 56.7 Å². The number of anilines is 2. The van der Waals surface area contributed by atoms with Gasteiger partial charge in [0.15, 0.2) is 17.4 Å². The summed E-state index contributed by atoms with van der Waals surface area (Å²) in [6, 6.07) is 5.47. The molecule has 1 saturated heterocycles. The van der Waals surface area contributed by atoms with Crippen molar-refractivity contribution in [1.29, 1.82) is 0 Å². The van der Waals surface area contributed by atoms with Gasteiger partial charge in [0.1, 0.15) is 5.54 Å². The van der Waals surface area contributed by atoms with Gasteiger partial charge < -0.3 is 20.6 Å². The Hall–Kier alpha value is -3.34. The number of phenolic OH excluding ortho intramolecular Hbond substituents is 1. The van der Waals surface area contributed by atoms with Crippen LogP contribution < -0.4 is 15.5 Å². The summed E-state index contributed by atoms with van der Waals surface area (Å²) < 4.78 is 45.0. The summed E-state index contributed by atoms with van der Waals surface area (Å²) in [6.45, 7) is 1.92. The number of alkyl halides is 2. The Morgan fingerprint density at radius 3 is 2.97 bits per heavy atom. The van der Waals surface area contributed by atoms with E-state index >= 15 is 0 Å². The molecule has 2 atom stereocenters. The lowest BCUT2D eigenvalue weighted by atomic mass is 9.92. The van der Waals surface area contributed by atoms with E-state index in [1.165, 1.54) is 12.1 Å². The zero-order valence-electron chi connectivity index (χ0n) is 17.6. The van der Waals surface area contributed by atoms with Crippen LogP contribution >= 0.6 is 0 Å². The molecule has 8 nitrogen and oxygen atoms in total. The molecule has 1 aromatic carbocycles. The molecule has 0 spiro atoms. The van der Waals surface area contributed by atoms with Crippen LogP contribution in [-0.2, 0) is 13.0 Å². The number of phenols is 1. The Balaban J connectivity index is 1.42. The number of aromatic hydroxyl groups is 1. The number of benzene rings is 1. The molecule has 0 aliphatic carbocycles. The first-order chi connectivity index (χ1) is 16.0. The molecule has 172 valence electrons. The fourth-order valence-corrected chi connectivity index (χ4v) is 5.32. The lowest BCUT2D eigenvalue weighted by Crippen LogP contribution is -2.57. The molecule has 1 fully saturated rings. The highest BCUT2D eigenvalue weighted by molar-refractivity contribution is 5.77. The summed E-state index contributed by atoms with van der Waals surface area (Å²) in [4.78, 5) is 1.69. The molecule has 3 aliphatic rings. The summed E-state index contributed by atoms with van der Waals surface area (Å²) in [5.74, 6) is -0.948. The fourth-order valence-electron chi connectivity index (χ4n) is 5.32. The predicted molar refractivity (Wildman–Crippen MR) is 115 cm³/mol. The van der Waals surface area contributed by atoms with Crippen LogP contribution in [0, 0.1) is 5.82 Å². The SMILES string of the molecule is Oc1c(F)cccc1-c1cc2c(nn1)NC[C@@]1(C(F)F)C[C@@H](n3ncc4c3CCNC4)CN21. The number of fused-ring (bicyclic) bond motifs is 4. The first kappa shape index (κ1) is 20.3. The van der Waals surface area contributed by atoms with E-state index in [4.69, 9.17) is 0 Å². The van der Waals surface area contributed by atoms with Gasteiger partial charge in [0, 0.05) is 55.8 Å². The maximum atomic E-state index is 14.6. The highest BCUT2D eigenvalue weighted by Gasteiger charge is 2.56. The lowest BCUT2D eigenvalue weighted by Gasteiger charge is -2.43. The van der Waals surface area contributed by atoms with E-state index < -0.39 is 23.5 Å². The van der Waals surface area contributed by atoms with E-state index in [0.29, 0.717) is 18.1 Å². The number of halogens is 3. The van der Waals surface area contributed by atoms with Crippen molar-refractivity contribution in [3.63, 3.8) is 0 Å². The molecule has 3 aliphatic heterocycles. The number of aromatic nitrogens is 4. The van der Waals surface area contributed by atoms with Gasteiger partial charge in [-0.3, -0.25) is 4.68 Å². The Kier molecular flexibility index (Phi) is 4.51. The molecule has 0 amide bonds. The average Bonchev–Trinajstić information content (AvgIpc) is 3.43. The molecule has 0 radical (unpaired) electrons. The van der Waals surface area contributed by atoms with Gasteiger partial charge in [-0.2, -0.15) is 5.10 Å². The standard InChI is InChI=1S/C22H22F3N7O/c23-15-3-1-2-14(19(15)33)16-6-18-20(30-29-16)27-11-22(21(24)25)7-13(10-31(18)22)32-17-4-5-26-8-12(17)9-28-32/h1-3,6,9,13,21,26,33H,4-5,7-8,10-11H2,(H,27,30)/t13-,22-/m1/s1. The van der Waals surface area contributed by atoms with E-state index in [0.717, 1.165) is 36.8 Å². The minimum absolute atomic E-state index is 0.0262. The molecule has 3 N–H and O–H groups in total. The molecule has 6 rings (SSSR count). The van der Waals surface area contributed by atoms with Crippen molar-refractivity contribution in [3.05, 3.63) is 47.5 Å². The molecule has 3 aromatic rings. The van der Waals surface area contributed by atoms with E-state index in [-0.39, 0.29) is 30.3 Å². The third kappa shape index (κ3) is 2.98. The number of para-hydroxylation sites is 1. The van der Waals surface area contributed by atoms with Gasteiger partial charge >= 0.3 is 0 Å². The summed E-state index contributed by atoms with van der Waals surface area (Å²) in [5.41, 5.74) is 1.58. The second-order valence-electron chi connectivity index (χ2n) is 8.81. The van der Waals surface area contributed by atoms with E-state index in [2.05, 4.69) is 25.9 Å². The van der Waals surface area contributed by atoms with Crippen LogP contribution in [0.1, 0.15) is 23.7 Å². The number of hydrogen-bond acceptors (Lipinski definition) is 7. The van der Waals surface area contributed by atoms with Crippen LogP contribution in [0.3, 0.4) is 0 Å². The van der Waals surface area contributed by atoms with Gasteiger partial charge in [-0.25, -0.2) is 13.2 Å². The molecular weight excluding hydrogens is 435 g/mol. The zero-order valence-corrected chi connectivity index (χ0v) is 17.6. The number of hydrogen-bond donors (Lipinski definition) is 3. The average molecular weight is 457 g/mol. The number of nitrogens with zero attached hydrogens (tertiary/aromatic N) is 5. The first-order valence-electron chi connectivity index (χ1n) is 10.9. The third-order valence-corrected chi connectivity index (χ3v) is 7.00. The minimum Gasteiger partial charge on any atom is -0.504 e. The van der Waals surface area contributed by atoms with Crippen molar-refractivity contribution in [2.24, 2.45) is 0 Å². The monoisotopic (exact) mass is 457 g/mol.